The second kappa shape index (κ2) is 7.73. The number of benzene rings is 3. The first kappa shape index (κ1) is 19.6. The number of carbonyl (C=O) groups is 1. The minimum absolute atomic E-state index is 0.172. The first-order valence-corrected chi connectivity index (χ1v) is 9.86. The van der Waals surface area contributed by atoms with Gasteiger partial charge < -0.3 is 4.74 Å². The maximum atomic E-state index is 13.3. The molecule has 5 aromatic rings. The van der Waals surface area contributed by atoms with Crippen LogP contribution in [0.2, 0.25) is 0 Å². The molecule has 158 valence electrons. The summed E-state index contributed by atoms with van der Waals surface area (Å²) in [5.41, 5.74) is 1.47. The Morgan fingerprint density at radius 1 is 1.03 bits per heavy atom. The number of Topliss-reactive ketones (excluding diaryl/α,β-unsaturated/α-hetero) is 1. The zero-order valence-corrected chi connectivity index (χ0v) is 17.0. The van der Waals surface area contributed by atoms with Crippen molar-refractivity contribution in [1.82, 2.24) is 19.2 Å². The van der Waals surface area contributed by atoms with E-state index < -0.39 is 5.69 Å². The topological polar surface area (TPSA) is 78.5 Å². The highest BCUT2D eigenvalue weighted by molar-refractivity contribution is 5.98. The quantitative estimate of drug-likeness (QED) is 0.399. The second-order valence-corrected chi connectivity index (χ2v) is 7.22. The van der Waals surface area contributed by atoms with Crippen LogP contribution in [0, 0.1) is 5.82 Å². The predicted molar refractivity (Wildman–Crippen MR) is 117 cm³/mol. The maximum absolute atomic E-state index is 13.3. The van der Waals surface area contributed by atoms with E-state index in [2.05, 4.69) is 10.1 Å². The molecule has 0 saturated heterocycles. The molecule has 0 amide bonds. The number of ketones is 1. The third kappa shape index (κ3) is 3.31. The van der Waals surface area contributed by atoms with Crippen LogP contribution in [0.25, 0.3) is 27.9 Å². The van der Waals surface area contributed by atoms with Crippen molar-refractivity contribution in [2.24, 2.45) is 0 Å². The van der Waals surface area contributed by atoms with Crippen molar-refractivity contribution in [1.29, 1.82) is 0 Å². The molecule has 0 aliphatic heterocycles. The lowest BCUT2D eigenvalue weighted by atomic mass is 10.1. The Bertz CT molecular complexity index is 1540. The normalized spacial score (nSPS) is 11.2. The van der Waals surface area contributed by atoms with Gasteiger partial charge in [0.05, 0.1) is 19.2 Å². The lowest BCUT2D eigenvalue weighted by Crippen LogP contribution is -2.30. The van der Waals surface area contributed by atoms with E-state index in [1.54, 1.807) is 48.5 Å². The number of rotatable bonds is 5. The predicted octanol–water partition coefficient (Wildman–Crippen LogP) is 3.74. The minimum atomic E-state index is -0.490. The van der Waals surface area contributed by atoms with Crippen LogP contribution in [0.5, 0.6) is 5.75 Å². The summed E-state index contributed by atoms with van der Waals surface area (Å²) in [5, 5.41) is 5.02. The van der Waals surface area contributed by atoms with Gasteiger partial charge in [-0.25, -0.2) is 14.2 Å². The van der Waals surface area contributed by atoms with E-state index in [1.807, 2.05) is 12.1 Å². The lowest BCUT2D eigenvalue weighted by Gasteiger charge is -2.11. The molecule has 32 heavy (non-hydrogen) atoms. The van der Waals surface area contributed by atoms with Crippen molar-refractivity contribution in [3.63, 3.8) is 0 Å². The van der Waals surface area contributed by atoms with Gasteiger partial charge in [0.1, 0.15) is 11.6 Å². The van der Waals surface area contributed by atoms with Crippen LogP contribution in [-0.4, -0.2) is 32.1 Å². The Morgan fingerprint density at radius 3 is 2.59 bits per heavy atom. The van der Waals surface area contributed by atoms with E-state index in [4.69, 9.17) is 4.74 Å². The van der Waals surface area contributed by atoms with Crippen LogP contribution in [0.1, 0.15) is 10.4 Å². The van der Waals surface area contributed by atoms with E-state index >= 15 is 0 Å². The van der Waals surface area contributed by atoms with Crippen LogP contribution in [0.4, 0.5) is 4.39 Å². The smallest absolute Gasteiger partial charge is 0.351 e. The molecule has 0 unspecified atom stereocenters. The van der Waals surface area contributed by atoms with Crippen LogP contribution in [-0.2, 0) is 6.54 Å². The van der Waals surface area contributed by atoms with Crippen molar-refractivity contribution in [3.8, 4) is 17.1 Å². The standard InChI is InChI=1S/C24H17FN4O3/c1-32-18-6-4-5-16(13-18)21(30)14-28-20-8-3-2-7-19(20)23-26-22(27-29(23)24(28)31)15-9-11-17(25)12-10-15/h2-13H,14H2,1H3. The van der Waals surface area contributed by atoms with Crippen molar-refractivity contribution in [2.75, 3.05) is 7.11 Å². The number of hydrogen-bond donors (Lipinski definition) is 0. The van der Waals surface area contributed by atoms with Gasteiger partial charge in [-0.05, 0) is 48.5 Å². The van der Waals surface area contributed by atoms with Crippen molar-refractivity contribution in [3.05, 3.63) is 94.7 Å². The summed E-state index contributed by atoms with van der Waals surface area (Å²) >= 11 is 0. The third-order valence-corrected chi connectivity index (χ3v) is 5.25. The molecule has 3 aromatic carbocycles. The Morgan fingerprint density at radius 2 is 1.81 bits per heavy atom. The molecule has 2 aromatic heterocycles. The number of halogens is 1. The Balaban J connectivity index is 1.66. The number of methoxy groups -OCH3 is 1. The van der Waals surface area contributed by atoms with Gasteiger partial charge in [-0.1, -0.05) is 24.3 Å². The molecule has 0 atom stereocenters. The SMILES string of the molecule is COc1cccc(C(=O)Cn2c(=O)n3nc(-c4ccc(F)cc4)nc3c3ccccc32)c1. The molecule has 0 N–H and O–H groups in total. The van der Waals surface area contributed by atoms with E-state index in [0.717, 1.165) is 0 Å². The fourth-order valence-corrected chi connectivity index (χ4v) is 3.64. The Kier molecular flexibility index (Phi) is 4.74. The highest BCUT2D eigenvalue weighted by Crippen LogP contribution is 2.22. The van der Waals surface area contributed by atoms with Crippen molar-refractivity contribution in [2.45, 2.75) is 6.54 Å². The summed E-state index contributed by atoms with van der Waals surface area (Å²) in [5.74, 6) is 0.239. The van der Waals surface area contributed by atoms with Gasteiger partial charge in [0.15, 0.2) is 17.3 Å². The van der Waals surface area contributed by atoms with Gasteiger partial charge in [-0.2, -0.15) is 4.52 Å². The summed E-state index contributed by atoms with van der Waals surface area (Å²) < 4.78 is 21.1. The molecule has 0 radical (unpaired) electrons. The first-order chi connectivity index (χ1) is 15.5. The van der Waals surface area contributed by atoms with Gasteiger partial charge in [0.25, 0.3) is 0 Å². The Labute approximate surface area is 181 Å². The summed E-state index contributed by atoms with van der Waals surface area (Å²) in [7, 11) is 1.53. The fourth-order valence-electron chi connectivity index (χ4n) is 3.64. The molecule has 0 bridgehead atoms. The van der Waals surface area contributed by atoms with Crippen LogP contribution in [0.15, 0.2) is 77.6 Å². The largest absolute Gasteiger partial charge is 0.497 e. The third-order valence-electron chi connectivity index (χ3n) is 5.25. The monoisotopic (exact) mass is 428 g/mol. The number of para-hydroxylation sites is 1. The van der Waals surface area contributed by atoms with E-state index in [9.17, 15) is 14.0 Å². The number of ether oxygens (including phenoxy) is 1. The van der Waals surface area contributed by atoms with Gasteiger partial charge in [0.2, 0.25) is 0 Å². The van der Waals surface area contributed by atoms with Gasteiger partial charge >= 0.3 is 5.69 Å². The van der Waals surface area contributed by atoms with Crippen LogP contribution in [0.3, 0.4) is 0 Å². The summed E-state index contributed by atoms with van der Waals surface area (Å²) in [6, 6.07) is 19.7. The Hall–Kier alpha value is -4.33. The summed E-state index contributed by atoms with van der Waals surface area (Å²) in [4.78, 5) is 30.8. The minimum Gasteiger partial charge on any atom is -0.497 e. The lowest BCUT2D eigenvalue weighted by molar-refractivity contribution is 0.0971. The van der Waals surface area contributed by atoms with Crippen LogP contribution < -0.4 is 10.4 Å². The highest BCUT2D eigenvalue weighted by Gasteiger charge is 2.18. The van der Waals surface area contributed by atoms with E-state index in [-0.39, 0.29) is 18.1 Å². The molecule has 2 heterocycles. The van der Waals surface area contributed by atoms with Crippen molar-refractivity contribution < 1.29 is 13.9 Å². The van der Waals surface area contributed by atoms with Gasteiger partial charge in [-0.15, -0.1) is 5.10 Å². The maximum Gasteiger partial charge on any atom is 0.351 e. The van der Waals surface area contributed by atoms with E-state index in [0.29, 0.717) is 39.3 Å². The highest BCUT2D eigenvalue weighted by atomic mass is 19.1. The summed E-state index contributed by atoms with van der Waals surface area (Å²) in [6.45, 7) is -0.172. The number of nitrogens with zero attached hydrogens (tertiary/aromatic N) is 4. The van der Waals surface area contributed by atoms with Gasteiger partial charge in [-0.3, -0.25) is 9.36 Å². The molecule has 0 fully saturated rings. The molecule has 0 aliphatic rings. The zero-order valence-electron chi connectivity index (χ0n) is 17.0. The second-order valence-electron chi connectivity index (χ2n) is 7.22. The molecule has 0 aliphatic carbocycles. The fraction of sp³-hybridized carbons (Fsp3) is 0.0833. The average Bonchev–Trinajstić information content (AvgIpc) is 3.28. The molecular weight excluding hydrogens is 411 g/mol. The van der Waals surface area contributed by atoms with Crippen molar-refractivity contribution >= 4 is 22.3 Å². The molecular formula is C24H17FN4O3. The first-order valence-electron chi connectivity index (χ1n) is 9.86. The molecule has 7 nitrogen and oxygen atoms in total. The number of hydrogen-bond acceptors (Lipinski definition) is 5. The number of aromatic nitrogens is 4. The molecule has 8 heteroatoms. The summed E-state index contributed by atoms with van der Waals surface area (Å²) in [6.07, 6.45) is 0. The zero-order chi connectivity index (χ0) is 22.2. The van der Waals surface area contributed by atoms with Gasteiger partial charge in [0, 0.05) is 16.5 Å². The number of carbonyl (C=O) groups excluding carboxylic acids is 1. The van der Waals surface area contributed by atoms with Crippen LogP contribution >= 0.6 is 0 Å². The molecule has 0 saturated carbocycles. The number of fused-ring (bicyclic) bond motifs is 3. The molecule has 0 spiro atoms. The average molecular weight is 428 g/mol. The van der Waals surface area contributed by atoms with E-state index in [1.165, 1.54) is 28.3 Å². The molecule has 5 rings (SSSR count).